The maximum Gasteiger partial charge on any atom is 0.123 e. The van der Waals surface area contributed by atoms with Gasteiger partial charge in [0.1, 0.15) is 5.75 Å². The molecule has 1 atom stereocenters. The summed E-state index contributed by atoms with van der Waals surface area (Å²) in [4.78, 5) is 0. The van der Waals surface area contributed by atoms with Crippen molar-refractivity contribution in [1.29, 1.82) is 0 Å². The molecule has 0 spiro atoms. The number of para-hydroxylation sites is 1. The molecular weight excluding hydrogens is 234 g/mol. The highest BCUT2D eigenvalue weighted by atomic mass is 16.5. The second-order valence-electron chi connectivity index (χ2n) is 5.71. The highest BCUT2D eigenvalue weighted by Gasteiger charge is 2.14. The SMILES string of the molecule is COc1ccccc1C(C)NCCC1CCCCC1. The van der Waals surface area contributed by atoms with Gasteiger partial charge in [0.2, 0.25) is 0 Å². The van der Waals surface area contributed by atoms with Crippen LogP contribution in [-0.4, -0.2) is 13.7 Å². The van der Waals surface area contributed by atoms with Crippen molar-refractivity contribution in [2.45, 2.75) is 51.5 Å². The van der Waals surface area contributed by atoms with Gasteiger partial charge >= 0.3 is 0 Å². The van der Waals surface area contributed by atoms with Crippen LogP contribution in [0.3, 0.4) is 0 Å². The van der Waals surface area contributed by atoms with E-state index in [0.717, 1.165) is 18.2 Å². The Balaban J connectivity index is 1.78. The first kappa shape index (κ1) is 14.4. The minimum absolute atomic E-state index is 0.361. The zero-order valence-corrected chi connectivity index (χ0v) is 12.3. The molecule has 1 saturated carbocycles. The van der Waals surface area contributed by atoms with E-state index in [0.29, 0.717) is 6.04 Å². The standard InChI is InChI=1S/C17H27NO/c1-14(16-10-6-7-11-17(16)19-2)18-13-12-15-8-4-3-5-9-15/h6-7,10-11,14-15,18H,3-5,8-9,12-13H2,1-2H3. The van der Waals surface area contributed by atoms with E-state index in [9.17, 15) is 0 Å². The van der Waals surface area contributed by atoms with Crippen molar-refractivity contribution in [1.82, 2.24) is 5.32 Å². The topological polar surface area (TPSA) is 21.3 Å². The minimum atomic E-state index is 0.361. The number of nitrogens with one attached hydrogen (secondary N) is 1. The predicted octanol–water partition coefficient (Wildman–Crippen LogP) is 4.32. The molecule has 1 aromatic rings. The molecule has 2 heteroatoms. The largest absolute Gasteiger partial charge is 0.496 e. The van der Waals surface area contributed by atoms with E-state index in [1.165, 1.54) is 44.1 Å². The van der Waals surface area contributed by atoms with Crippen LogP contribution in [0.4, 0.5) is 0 Å². The molecule has 0 bridgehead atoms. The second-order valence-corrected chi connectivity index (χ2v) is 5.71. The summed E-state index contributed by atoms with van der Waals surface area (Å²) >= 11 is 0. The summed E-state index contributed by atoms with van der Waals surface area (Å²) in [7, 11) is 1.74. The summed E-state index contributed by atoms with van der Waals surface area (Å²) in [6, 6.07) is 8.65. The fourth-order valence-electron chi connectivity index (χ4n) is 3.11. The van der Waals surface area contributed by atoms with Crippen LogP contribution in [0.5, 0.6) is 5.75 Å². The Morgan fingerprint density at radius 2 is 1.95 bits per heavy atom. The van der Waals surface area contributed by atoms with E-state index in [2.05, 4.69) is 24.4 Å². The first-order valence-electron chi connectivity index (χ1n) is 7.67. The van der Waals surface area contributed by atoms with Gasteiger partial charge in [0.15, 0.2) is 0 Å². The third-order valence-electron chi connectivity index (χ3n) is 4.33. The van der Waals surface area contributed by atoms with E-state index in [4.69, 9.17) is 4.74 Å². The van der Waals surface area contributed by atoms with Crippen molar-refractivity contribution in [3.8, 4) is 5.75 Å². The fourth-order valence-corrected chi connectivity index (χ4v) is 3.11. The quantitative estimate of drug-likeness (QED) is 0.823. The van der Waals surface area contributed by atoms with Crippen molar-refractivity contribution in [3.63, 3.8) is 0 Å². The average Bonchev–Trinajstić information content (AvgIpc) is 2.48. The van der Waals surface area contributed by atoms with Gasteiger partial charge in [-0.1, -0.05) is 50.3 Å². The minimum Gasteiger partial charge on any atom is -0.496 e. The molecule has 1 unspecified atom stereocenters. The van der Waals surface area contributed by atoms with Crippen LogP contribution >= 0.6 is 0 Å². The number of benzene rings is 1. The summed E-state index contributed by atoms with van der Waals surface area (Å²) in [5.41, 5.74) is 1.26. The van der Waals surface area contributed by atoms with Gasteiger partial charge in [-0.05, 0) is 31.9 Å². The smallest absolute Gasteiger partial charge is 0.123 e. The average molecular weight is 261 g/mol. The number of rotatable bonds is 6. The lowest BCUT2D eigenvalue weighted by Gasteiger charge is -2.23. The zero-order chi connectivity index (χ0) is 13.5. The number of methoxy groups -OCH3 is 1. The maximum absolute atomic E-state index is 5.42. The molecule has 2 nitrogen and oxygen atoms in total. The van der Waals surface area contributed by atoms with E-state index < -0.39 is 0 Å². The lowest BCUT2D eigenvalue weighted by atomic mass is 9.87. The first-order chi connectivity index (χ1) is 9.31. The van der Waals surface area contributed by atoms with E-state index in [1.54, 1.807) is 7.11 Å². The lowest BCUT2D eigenvalue weighted by molar-refractivity contribution is 0.328. The molecule has 1 fully saturated rings. The van der Waals surface area contributed by atoms with Crippen LogP contribution in [0.15, 0.2) is 24.3 Å². The molecule has 0 radical (unpaired) electrons. The summed E-state index contributed by atoms with van der Waals surface area (Å²) < 4.78 is 5.42. The Hall–Kier alpha value is -1.02. The predicted molar refractivity (Wildman–Crippen MR) is 80.6 cm³/mol. The van der Waals surface area contributed by atoms with Crippen LogP contribution < -0.4 is 10.1 Å². The van der Waals surface area contributed by atoms with Gasteiger partial charge in [0.05, 0.1) is 7.11 Å². The molecule has 0 heterocycles. The molecule has 2 rings (SSSR count). The molecule has 1 aliphatic rings. The second kappa shape index (κ2) is 7.54. The van der Waals surface area contributed by atoms with Gasteiger partial charge in [0.25, 0.3) is 0 Å². The van der Waals surface area contributed by atoms with Crippen molar-refractivity contribution < 1.29 is 4.74 Å². The van der Waals surface area contributed by atoms with Gasteiger partial charge in [-0.3, -0.25) is 0 Å². The Bertz CT molecular complexity index is 371. The highest BCUT2D eigenvalue weighted by Crippen LogP contribution is 2.27. The fraction of sp³-hybridized carbons (Fsp3) is 0.647. The summed E-state index contributed by atoms with van der Waals surface area (Å²) in [5.74, 6) is 1.94. The maximum atomic E-state index is 5.42. The number of ether oxygens (including phenoxy) is 1. The van der Waals surface area contributed by atoms with E-state index in [1.807, 2.05) is 12.1 Å². The van der Waals surface area contributed by atoms with Crippen LogP contribution in [-0.2, 0) is 0 Å². The molecule has 0 saturated heterocycles. The third-order valence-corrected chi connectivity index (χ3v) is 4.33. The highest BCUT2D eigenvalue weighted by molar-refractivity contribution is 5.35. The van der Waals surface area contributed by atoms with Crippen molar-refractivity contribution >= 4 is 0 Å². The molecule has 0 aromatic heterocycles. The molecule has 0 aliphatic heterocycles. The van der Waals surface area contributed by atoms with Crippen LogP contribution in [0, 0.1) is 5.92 Å². The van der Waals surface area contributed by atoms with Crippen molar-refractivity contribution in [3.05, 3.63) is 29.8 Å². The van der Waals surface area contributed by atoms with E-state index >= 15 is 0 Å². The van der Waals surface area contributed by atoms with Crippen molar-refractivity contribution in [2.75, 3.05) is 13.7 Å². The lowest BCUT2D eigenvalue weighted by Crippen LogP contribution is -2.23. The summed E-state index contributed by atoms with van der Waals surface area (Å²) in [6.45, 7) is 3.34. The Morgan fingerprint density at radius 1 is 1.21 bits per heavy atom. The van der Waals surface area contributed by atoms with Crippen LogP contribution in [0.2, 0.25) is 0 Å². The number of hydrogen-bond acceptors (Lipinski definition) is 2. The van der Waals surface area contributed by atoms with Gasteiger partial charge in [-0.15, -0.1) is 0 Å². The third kappa shape index (κ3) is 4.24. The normalized spacial score (nSPS) is 18.2. The van der Waals surface area contributed by atoms with Crippen LogP contribution in [0.1, 0.15) is 57.1 Å². The van der Waals surface area contributed by atoms with Crippen LogP contribution in [0.25, 0.3) is 0 Å². The monoisotopic (exact) mass is 261 g/mol. The molecule has 1 N–H and O–H groups in total. The summed E-state index contributed by atoms with van der Waals surface area (Å²) in [5, 5.41) is 3.64. The molecular formula is C17H27NO. The zero-order valence-electron chi connectivity index (χ0n) is 12.3. The molecule has 19 heavy (non-hydrogen) atoms. The number of hydrogen-bond donors (Lipinski definition) is 1. The van der Waals surface area contributed by atoms with Gasteiger partial charge in [0, 0.05) is 11.6 Å². The Kier molecular flexibility index (Phi) is 5.71. The molecule has 106 valence electrons. The molecule has 1 aromatic carbocycles. The van der Waals surface area contributed by atoms with Crippen molar-refractivity contribution in [2.24, 2.45) is 5.92 Å². The van der Waals surface area contributed by atoms with Gasteiger partial charge in [-0.2, -0.15) is 0 Å². The van der Waals surface area contributed by atoms with E-state index in [-0.39, 0.29) is 0 Å². The molecule has 1 aliphatic carbocycles. The summed E-state index contributed by atoms with van der Waals surface area (Å²) in [6.07, 6.45) is 8.51. The van der Waals surface area contributed by atoms with Gasteiger partial charge < -0.3 is 10.1 Å². The molecule has 0 amide bonds. The Morgan fingerprint density at radius 3 is 2.68 bits per heavy atom. The van der Waals surface area contributed by atoms with Gasteiger partial charge in [-0.25, -0.2) is 0 Å². The first-order valence-corrected chi connectivity index (χ1v) is 7.67. The Labute approximate surface area is 117 Å².